The van der Waals surface area contributed by atoms with Gasteiger partial charge in [0.15, 0.2) is 0 Å². The zero-order valence-electron chi connectivity index (χ0n) is 14.1. The number of methoxy groups -OCH3 is 2. The van der Waals surface area contributed by atoms with Gasteiger partial charge in [0.1, 0.15) is 28.0 Å². The highest BCUT2D eigenvalue weighted by molar-refractivity contribution is 7.09. The van der Waals surface area contributed by atoms with Gasteiger partial charge in [-0.05, 0) is 6.42 Å². The first-order chi connectivity index (χ1) is 11.7. The number of amides is 1. The lowest BCUT2D eigenvalue weighted by Gasteiger charge is -2.10. The number of hydrogen-bond donors (Lipinski definition) is 2. The number of thiazole rings is 1. The van der Waals surface area contributed by atoms with Gasteiger partial charge in [-0.25, -0.2) is 4.98 Å². The number of carbonyl (C=O) groups is 1. The molecule has 0 atom stereocenters. The molecule has 9 heteroatoms. The average Bonchev–Trinajstić information content (AvgIpc) is 3.10. The molecular formula is C16H22ClN3O4S. The van der Waals surface area contributed by atoms with Crippen LogP contribution in [0.25, 0.3) is 0 Å². The fourth-order valence-electron chi connectivity index (χ4n) is 1.93. The molecule has 1 amide bonds. The summed E-state index contributed by atoms with van der Waals surface area (Å²) in [5.41, 5.74) is 5.88. The third-order valence-corrected chi connectivity index (χ3v) is 4.03. The Balaban J connectivity index is 0.00000312. The Labute approximate surface area is 156 Å². The van der Waals surface area contributed by atoms with Crippen LogP contribution in [-0.2, 0) is 6.54 Å². The zero-order chi connectivity index (χ0) is 17.4. The number of nitrogens with zero attached hydrogens (tertiary/aromatic N) is 1. The van der Waals surface area contributed by atoms with Crippen LogP contribution in [-0.4, -0.2) is 38.3 Å². The Morgan fingerprint density at radius 2 is 1.84 bits per heavy atom. The van der Waals surface area contributed by atoms with E-state index in [0.29, 0.717) is 49.1 Å². The topological polar surface area (TPSA) is 95.7 Å². The van der Waals surface area contributed by atoms with Crippen LogP contribution in [0.15, 0.2) is 23.6 Å². The first kappa shape index (κ1) is 21.0. The molecule has 0 spiro atoms. The highest BCUT2D eigenvalue weighted by atomic mass is 35.5. The molecule has 138 valence electrons. The normalized spacial score (nSPS) is 9.88. The number of aromatic nitrogens is 1. The minimum Gasteiger partial charge on any atom is -0.496 e. The fraction of sp³-hybridized carbons (Fsp3) is 0.375. The number of halogens is 1. The SMILES string of the molecule is COc1cc(OC)cc(OCCCNC(=O)c2csc(CN)n2)c1.Cl. The quantitative estimate of drug-likeness (QED) is 0.640. The molecule has 3 N–H and O–H groups in total. The van der Waals surface area contributed by atoms with E-state index in [1.807, 2.05) is 0 Å². The number of benzene rings is 1. The van der Waals surface area contributed by atoms with Crippen LogP contribution in [0.2, 0.25) is 0 Å². The maximum absolute atomic E-state index is 11.9. The lowest BCUT2D eigenvalue weighted by Crippen LogP contribution is -2.26. The van der Waals surface area contributed by atoms with Gasteiger partial charge in [0, 0.05) is 36.7 Å². The van der Waals surface area contributed by atoms with Crippen molar-refractivity contribution in [3.8, 4) is 17.2 Å². The van der Waals surface area contributed by atoms with Gasteiger partial charge in [0.2, 0.25) is 0 Å². The summed E-state index contributed by atoms with van der Waals surface area (Å²) in [5.74, 6) is 1.78. The van der Waals surface area contributed by atoms with E-state index >= 15 is 0 Å². The molecule has 1 heterocycles. The van der Waals surface area contributed by atoms with Gasteiger partial charge in [-0.1, -0.05) is 0 Å². The largest absolute Gasteiger partial charge is 0.496 e. The molecule has 2 rings (SSSR count). The molecule has 0 aliphatic carbocycles. The summed E-state index contributed by atoms with van der Waals surface area (Å²) in [7, 11) is 3.17. The smallest absolute Gasteiger partial charge is 0.270 e. The van der Waals surface area contributed by atoms with Crippen LogP contribution in [0, 0.1) is 0 Å². The first-order valence-corrected chi connectivity index (χ1v) is 8.32. The molecule has 0 fully saturated rings. The lowest BCUT2D eigenvalue weighted by atomic mass is 10.3. The Kier molecular flexibility index (Phi) is 9.04. The third-order valence-electron chi connectivity index (χ3n) is 3.16. The Bertz CT molecular complexity index is 659. The monoisotopic (exact) mass is 387 g/mol. The second kappa shape index (κ2) is 10.8. The molecule has 0 saturated carbocycles. The number of rotatable bonds is 9. The second-order valence-electron chi connectivity index (χ2n) is 4.84. The molecule has 0 unspecified atom stereocenters. The van der Waals surface area contributed by atoms with Gasteiger partial charge >= 0.3 is 0 Å². The fourth-order valence-corrected chi connectivity index (χ4v) is 2.58. The molecule has 25 heavy (non-hydrogen) atoms. The van der Waals surface area contributed by atoms with Crippen LogP contribution in [0.5, 0.6) is 17.2 Å². The number of nitrogens with one attached hydrogen (secondary N) is 1. The highest BCUT2D eigenvalue weighted by Crippen LogP contribution is 2.27. The van der Waals surface area contributed by atoms with E-state index in [0.717, 1.165) is 5.01 Å². The summed E-state index contributed by atoms with van der Waals surface area (Å²) in [6.45, 7) is 1.30. The van der Waals surface area contributed by atoms with Crippen LogP contribution in [0.4, 0.5) is 0 Å². The predicted molar refractivity (Wildman–Crippen MR) is 99.2 cm³/mol. The molecule has 2 aromatic rings. The molecule has 1 aromatic heterocycles. The summed E-state index contributed by atoms with van der Waals surface area (Å²) in [6, 6.07) is 5.34. The summed E-state index contributed by atoms with van der Waals surface area (Å²) in [4.78, 5) is 16.0. The predicted octanol–water partition coefficient (Wildman–Crippen LogP) is 2.24. The van der Waals surface area contributed by atoms with Crippen LogP contribution >= 0.6 is 23.7 Å². The van der Waals surface area contributed by atoms with Crippen molar-refractivity contribution < 1.29 is 19.0 Å². The zero-order valence-corrected chi connectivity index (χ0v) is 15.7. The molecule has 1 aromatic carbocycles. The summed E-state index contributed by atoms with van der Waals surface area (Å²) >= 11 is 1.38. The van der Waals surface area contributed by atoms with E-state index < -0.39 is 0 Å². The molecule has 0 radical (unpaired) electrons. The minimum atomic E-state index is -0.200. The van der Waals surface area contributed by atoms with Crippen molar-refractivity contribution in [2.24, 2.45) is 5.73 Å². The number of ether oxygens (including phenoxy) is 3. The van der Waals surface area contributed by atoms with Crippen LogP contribution in [0.1, 0.15) is 21.9 Å². The van der Waals surface area contributed by atoms with Gasteiger partial charge < -0.3 is 25.3 Å². The average molecular weight is 388 g/mol. The van der Waals surface area contributed by atoms with Crippen molar-refractivity contribution in [3.63, 3.8) is 0 Å². The maximum atomic E-state index is 11.9. The number of hydrogen-bond acceptors (Lipinski definition) is 7. The Morgan fingerprint density at radius 3 is 2.40 bits per heavy atom. The van der Waals surface area contributed by atoms with Crippen molar-refractivity contribution in [1.29, 1.82) is 0 Å². The van der Waals surface area contributed by atoms with Crippen molar-refractivity contribution in [1.82, 2.24) is 10.3 Å². The van der Waals surface area contributed by atoms with Gasteiger partial charge in [-0.3, -0.25) is 4.79 Å². The van der Waals surface area contributed by atoms with Crippen molar-refractivity contribution in [2.45, 2.75) is 13.0 Å². The van der Waals surface area contributed by atoms with Crippen molar-refractivity contribution in [3.05, 3.63) is 34.3 Å². The van der Waals surface area contributed by atoms with Gasteiger partial charge in [-0.15, -0.1) is 23.7 Å². The van der Waals surface area contributed by atoms with Crippen LogP contribution in [0.3, 0.4) is 0 Å². The Hall–Kier alpha value is -2.03. The van der Waals surface area contributed by atoms with E-state index in [-0.39, 0.29) is 18.3 Å². The molecule has 0 bridgehead atoms. The summed E-state index contributed by atoms with van der Waals surface area (Å²) in [6.07, 6.45) is 0.666. The van der Waals surface area contributed by atoms with Crippen molar-refractivity contribution >= 4 is 29.7 Å². The maximum Gasteiger partial charge on any atom is 0.270 e. The molecule has 0 aliphatic rings. The van der Waals surface area contributed by atoms with Crippen molar-refractivity contribution in [2.75, 3.05) is 27.4 Å². The van der Waals surface area contributed by atoms with Gasteiger partial charge in [-0.2, -0.15) is 0 Å². The molecule has 0 saturated heterocycles. The molecule has 7 nitrogen and oxygen atoms in total. The number of carbonyl (C=O) groups excluding carboxylic acids is 1. The van der Waals surface area contributed by atoms with E-state index in [1.165, 1.54) is 11.3 Å². The van der Waals surface area contributed by atoms with E-state index in [9.17, 15) is 4.79 Å². The highest BCUT2D eigenvalue weighted by Gasteiger charge is 2.09. The van der Waals surface area contributed by atoms with Gasteiger partial charge in [0.25, 0.3) is 5.91 Å². The standard InChI is InChI=1S/C16H21N3O4S.ClH/c1-21-11-6-12(22-2)8-13(7-11)23-5-3-4-18-16(20)14-10-24-15(9-17)19-14;/h6-8,10H,3-5,9,17H2,1-2H3,(H,18,20);1H. The van der Waals surface area contributed by atoms with E-state index in [1.54, 1.807) is 37.8 Å². The second-order valence-corrected chi connectivity index (χ2v) is 5.78. The van der Waals surface area contributed by atoms with Gasteiger partial charge in [0.05, 0.1) is 20.8 Å². The lowest BCUT2D eigenvalue weighted by molar-refractivity contribution is 0.0947. The Morgan fingerprint density at radius 1 is 1.20 bits per heavy atom. The summed E-state index contributed by atoms with van der Waals surface area (Å²) in [5, 5.41) is 5.25. The van der Waals surface area contributed by atoms with E-state index in [2.05, 4.69) is 10.3 Å². The third kappa shape index (κ3) is 6.41. The first-order valence-electron chi connectivity index (χ1n) is 7.44. The number of nitrogens with two attached hydrogens (primary N) is 1. The molecular weight excluding hydrogens is 366 g/mol. The minimum absolute atomic E-state index is 0. The molecule has 0 aliphatic heterocycles. The van der Waals surface area contributed by atoms with E-state index in [4.69, 9.17) is 19.9 Å². The summed E-state index contributed by atoms with van der Waals surface area (Å²) < 4.78 is 16.0. The van der Waals surface area contributed by atoms with Crippen LogP contribution < -0.4 is 25.3 Å².